The van der Waals surface area contributed by atoms with Crippen molar-refractivity contribution in [2.45, 2.75) is 52.2 Å². The lowest BCUT2D eigenvalue weighted by Crippen LogP contribution is -2.44. The molecule has 1 aliphatic rings. The molecule has 0 spiro atoms. The van der Waals surface area contributed by atoms with E-state index in [2.05, 4.69) is 47.0 Å². The van der Waals surface area contributed by atoms with Crippen LogP contribution in [0.2, 0.25) is 0 Å². The van der Waals surface area contributed by atoms with Gasteiger partial charge in [0.05, 0.1) is 21.3 Å². The fraction of sp³-hybridized carbons (Fsp3) is 0.464. The Kier molecular flexibility index (Phi) is 7.55. The molecule has 1 fully saturated rings. The molecule has 1 amide bonds. The molecule has 0 aliphatic carbocycles. The lowest BCUT2D eigenvalue weighted by Gasteiger charge is -2.32. The molecule has 1 aliphatic heterocycles. The van der Waals surface area contributed by atoms with Crippen molar-refractivity contribution in [2.75, 3.05) is 34.4 Å². The van der Waals surface area contributed by atoms with E-state index in [4.69, 9.17) is 14.2 Å². The van der Waals surface area contributed by atoms with Crippen LogP contribution in [0.25, 0.3) is 10.9 Å². The van der Waals surface area contributed by atoms with E-state index in [1.54, 1.807) is 33.5 Å². The van der Waals surface area contributed by atoms with Crippen LogP contribution in [0.3, 0.4) is 0 Å². The molecule has 2 aromatic carbocycles. The van der Waals surface area contributed by atoms with Crippen molar-refractivity contribution < 1.29 is 19.0 Å². The zero-order chi connectivity index (χ0) is 25.1. The first kappa shape index (κ1) is 24.9. The van der Waals surface area contributed by atoms with E-state index in [-0.39, 0.29) is 11.9 Å². The molecule has 0 bridgehead atoms. The van der Waals surface area contributed by atoms with Crippen molar-refractivity contribution in [3.05, 3.63) is 53.2 Å². The molecule has 0 radical (unpaired) electrons. The standard InChI is InChI=1S/C28H37N3O4/c1-18(2)31-17-21(24-15-23(33-4)7-8-25(24)31)16-30-11-9-22(10-12-30)29-28(32)20-13-26(34-5)19(3)27(14-20)35-6/h7-8,13-15,17-18,22H,9-12,16H2,1-6H3,(H,29,32). The molecule has 0 saturated carbocycles. The Bertz CT molecular complexity index is 1170. The lowest BCUT2D eigenvalue weighted by atomic mass is 10.0. The van der Waals surface area contributed by atoms with Crippen LogP contribution in [-0.2, 0) is 6.54 Å². The highest BCUT2D eigenvalue weighted by Gasteiger charge is 2.23. The van der Waals surface area contributed by atoms with Gasteiger partial charge in [-0.1, -0.05) is 0 Å². The van der Waals surface area contributed by atoms with E-state index in [1.165, 1.54) is 16.5 Å². The monoisotopic (exact) mass is 479 g/mol. The zero-order valence-electron chi connectivity index (χ0n) is 21.7. The van der Waals surface area contributed by atoms with Crippen molar-refractivity contribution in [1.29, 1.82) is 0 Å². The van der Waals surface area contributed by atoms with Crippen LogP contribution in [0.5, 0.6) is 17.2 Å². The van der Waals surface area contributed by atoms with Crippen LogP contribution in [-0.4, -0.2) is 55.8 Å². The van der Waals surface area contributed by atoms with E-state index >= 15 is 0 Å². The predicted molar refractivity (Wildman–Crippen MR) is 139 cm³/mol. The fourth-order valence-electron chi connectivity index (χ4n) is 4.95. The molecule has 0 unspecified atom stereocenters. The molecule has 1 aromatic heterocycles. The maximum atomic E-state index is 13.0. The molecule has 1 N–H and O–H groups in total. The summed E-state index contributed by atoms with van der Waals surface area (Å²) in [6.07, 6.45) is 4.11. The van der Waals surface area contributed by atoms with Crippen molar-refractivity contribution in [3.8, 4) is 17.2 Å². The van der Waals surface area contributed by atoms with Gasteiger partial charge in [0.1, 0.15) is 17.2 Å². The third-order valence-corrected chi connectivity index (χ3v) is 7.01. The summed E-state index contributed by atoms with van der Waals surface area (Å²) in [5, 5.41) is 4.45. The van der Waals surface area contributed by atoms with Crippen LogP contribution in [0.15, 0.2) is 36.5 Å². The summed E-state index contributed by atoms with van der Waals surface area (Å²) < 4.78 is 18.7. The number of fused-ring (bicyclic) bond motifs is 1. The molecule has 3 aromatic rings. The second kappa shape index (κ2) is 10.6. The third-order valence-electron chi connectivity index (χ3n) is 7.01. The number of hydrogen-bond donors (Lipinski definition) is 1. The molecular formula is C28H37N3O4. The zero-order valence-corrected chi connectivity index (χ0v) is 21.7. The average molecular weight is 480 g/mol. The van der Waals surface area contributed by atoms with Gasteiger partial charge in [0.15, 0.2) is 0 Å². The molecule has 188 valence electrons. The number of benzene rings is 2. The van der Waals surface area contributed by atoms with Gasteiger partial charge in [-0.05, 0) is 69.5 Å². The number of nitrogens with zero attached hydrogens (tertiary/aromatic N) is 2. The number of rotatable bonds is 8. The number of hydrogen-bond acceptors (Lipinski definition) is 5. The van der Waals surface area contributed by atoms with E-state index in [1.807, 2.05) is 13.0 Å². The maximum absolute atomic E-state index is 13.0. The number of ether oxygens (including phenoxy) is 3. The van der Waals surface area contributed by atoms with Gasteiger partial charge in [-0.15, -0.1) is 0 Å². The summed E-state index contributed by atoms with van der Waals surface area (Å²) in [5.74, 6) is 2.10. The van der Waals surface area contributed by atoms with Gasteiger partial charge < -0.3 is 24.1 Å². The second-order valence-electron chi connectivity index (χ2n) is 9.57. The number of amides is 1. The maximum Gasteiger partial charge on any atom is 0.251 e. The third kappa shape index (κ3) is 5.25. The summed E-state index contributed by atoms with van der Waals surface area (Å²) in [6, 6.07) is 10.4. The minimum absolute atomic E-state index is 0.0906. The fourth-order valence-corrected chi connectivity index (χ4v) is 4.95. The van der Waals surface area contributed by atoms with Gasteiger partial charge in [-0.2, -0.15) is 0 Å². The van der Waals surface area contributed by atoms with Crippen LogP contribution in [0.4, 0.5) is 0 Å². The normalized spacial score (nSPS) is 14.9. The number of piperidine rings is 1. The van der Waals surface area contributed by atoms with Gasteiger partial charge in [-0.25, -0.2) is 0 Å². The highest BCUT2D eigenvalue weighted by atomic mass is 16.5. The van der Waals surface area contributed by atoms with Crippen molar-refractivity contribution in [3.63, 3.8) is 0 Å². The summed E-state index contributed by atoms with van der Waals surface area (Å²) in [4.78, 5) is 15.4. The van der Waals surface area contributed by atoms with Crippen molar-refractivity contribution >= 4 is 16.8 Å². The first-order valence-corrected chi connectivity index (χ1v) is 12.3. The first-order valence-electron chi connectivity index (χ1n) is 12.3. The van der Waals surface area contributed by atoms with Crippen molar-refractivity contribution in [1.82, 2.24) is 14.8 Å². The van der Waals surface area contributed by atoms with Crippen molar-refractivity contribution in [2.24, 2.45) is 0 Å². The minimum Gasteiger partial charge on any atom is -0.497 e. The molecule has 0 atom stereocenters. The number of likely N-dealkylation sites (tertiary alicyclic amines) is 1. The number of nitrogens with one attached hydrogen (secondary N) is 1. The number of carbonyl (C=O) groups is 1. The molecular weight excluding hydrogens is 442 g/mol. The largest absolute Gasteiger partial charge is 0.497 e. The summed E-state index contributed by atoms with van der Waals surface area (Å²) in [7, 11) is 4.92. The topological polar surface area (TPSA) is 65.0 Å². The number of methoxy groups -OCH3 is 3. The Labute approximate surface area is 208 Å². The smallest absolute Gasteiger partial charge is 0.251 e. The first-order chi connectivity index (χ1) is 16.8. The summed E-state index contributed by atoms with van der Waals surface area (Å²) >= 11 is 0. The van der Waals surface area contributed by atoms with Crippen LogP contribution >= 0.6 is 0 Å². The van der Waals surface area contributed by atoms with Gasteiger partial charge in [0, 0.05) is 59.9 Å². The van der Waals surface area contributed by atoms with Gasteiger partial charge in [0.2, 0.25) is 0 Å². The molecule has 2 heterocycles. The summed E-state index contributed by atoms with van der Waals surface area (Å²) in [6.45, 7) is 9.09. The lowest BCUT2D eigenvalue weighted by molar-refractivity contribution is 0.0908. The number of aromatic nitrogens is 1. The molecule has 1 saturated heterocycles. The molecule has 7 heteroatoms. The minimum atomic E-state index is -0.0906. The van der Waals surface area contributed by atoms with Gasteiger partial charge in [0.25, 0.3) is 5.91 Å². The predicted octanol–water partition coefficient (Wildman–Crippen LogP) is 4.95. The highest BCUT2D eigenvalue weighted by Crippen LogP contribution is 2.31. The molecule has 35 heavy (non-hydrogen) atoms. The average Bonchev–Trinajstić information content (AvgIpc) is 3.23. The molecule has 7 nitrogen and oxygen atoms in total. The van der Waals surface area contributed by atoms with Crippen LogP contribution in [0, 0.1) is 6.92 Å². The van der Waals surface area contributed by atoms with E-state index in [0.29, 0.717) is 23.1 Å². The highest BCUT2D eigenvalue weighted by molar-refractivity contribution is 5.95. The van der Waals surface area contributed by atoms with Crippen LogP contribution < -0.4 is 19.5 Å². The Hall–Kier alpha value is -3.19. The van der Waals surface area contributed by atoms with E-state index in [0.717, 1.165) is 43.8 Å². The van der Waals surface area contributed by atoms with Gasteiger partial charge >= 0.3 is 0 Å². The summed E-state index contributed by atoms with van der Waals surface area (Å²) in [5.41, 5.74) is 3.99. The van der Waals surface area contributed by atoms with E-state index < -0.39 is 0 Å². The van der Waals surface area contributed by atoms with Gasteiger partial charge in [-0.3, -0.25) is 9.69 Å². The Morgan fingerprint density at radius 3 is 2.26 bits per heavy atom. The Morgan fingerprint density at radius 1 is 1.03 bits per heavy atom. The number of carbonyl (C=O) groups excluding carboxylic acids is 1. The Morgan fingerprint density at radius 2 is 1.69 bits per heavy atom. The molecule has 4 rings (SSSR count). The second-order valence-corrected chi connectivity index (χ2v) is 9.57. The van der Waals surface area contributed by atoms with E-state index in [9.17, 15) is 4.79 Å². The SMILES string of the molecule is COc1ccc2c(c1)c(CN1CCC(NC(=O)c3cc(OC)c(C)c(OC)c3)CC1)cn2C(C)C. The van der Waals surface area contributed by atoms with Crippen LogP contribution in [0.1, 0.15) is 54.2 Å². The Balaban J connectivity index is 1.41. The quantitative estimate of drug-likeness (QED) is 0.495.